The summed E-state index contributed by atoms with van der Waals surface area (Å²) in [6, 6.07) is 1.60. The van der Waals surface area contributed by atoms with Gasteiger partial charge in [-0.1, -0.05) is 18.2 Å². The topological polar surface area (TPSA) is 64.2 Å². The van der Waals surface area contributed by atoms with Crippen LogP contribution in [0.1, 0.15) is 0 Å². The summed E-state index contributed by atoms with van der Waals surface area (Å²) >= 11 is 0. The van der Waals surface area contributed by atoms with Crippen molar-refractivity contribution in [2.75, 3.05) is 0 Å². The van der Waals surface area contributed by atoms with Gasteiger partial charge in [0.25, 0.3) is 0 Å². The third-order valence-electron chi connectivity index (χ3n) is 1.38. The van der Waals surface area contributed by atoms with Crippen LogP contribution in [0.2, 0.25) is 0 Å². The van der Waals surface area contributed by atoms with E-state index in [-0.39, 0.29) is 0 Å². The molecule has 0 aromatic heterocycles. The largest absolute Gasteiger partial charge is 0.384 e. The molecule has 0 aromatic carbocycles. The molecule has 2 unspecified atom stereocenters. The van der Waals surface area contributed by atoms with E-state index in [9.17, 15) is 5.11 Å². The number of nitrogens with zero attached hydrogens (tertiary/aromatic N) is 1. The van der Waals surface area contributed by atoms with Crippen LogP contribution in [0.25, 0.3) is 0 Å². The summed E-state index contributed by atoms with van der Waals surface area (Å²) in [6.07, 6.45) is 4.62. The highest BCUT2D eigenvalue weighted by Crippen LogP contribution is 2.16. The van der Waals surface area contributed by atoms with E-state index in [1.807, 2.05) is 0 Å². The van der Waals surface area contributed by atoms with Crippen LogP contribution in [-0.4, -0.2) is 21.9 Å². The van der Waals surface area contributed by atoms with Gasteiger partial charge in [0.05, 0.1) is 0 Å². The molecule has 3 heteroatoms. The Labute approximate surface area is 58.5 Å². The molecule has 1 rings (SSSR count). The van der Waals surface area contributed by atoms with Crippen molar-refractivity contribution in [3.63, 3.8) is 0 Å². The second-order valence-electron chi connectivity index (χ2n) is 2.13. The van der Waals surface area contributed by atoms with Gasteiger partial charge in [0.15, 0.2) is 5.60 Å². The Morgan fingerprint density at radius 2 is 2.20 bits per heavy atom. The smallest absolute Gasteiger partial charge is 0.199 e. The van der Waals surface area contributed by atoms with E-state index < -0.39 is 11.7 Å². The third-order valence-corrected chi connectivity index (χ3v) is 1.38. The summed E-state index contributed by atoms with van der Waals surface area (Å²) < 4.78 is 0. The van der Waals surface area contributed by atoms with Crippen molar-refractivity contribution in [2.45, 2.75) is 11.7 Å². The van der Waals surface area contributed by atoms with Gasteiger partial charge in [0, 0.05) is 0 Å². The fourth-order valence-electron chi connectivity index (χ4n) is 0.720. The van der Waals surface area contributed by atoms with E-state index in [4.69, 9.17) is 10.4 Å². The number of hydrogen-bond donors (Lipinski definition) is 2. The van der Waals surface area contributed by atoms with Gasteiger partial charge in [-0.25, -0.2) is 0 Å². The van der Waals surface area contributed by atoms with Crippen molar-refractivity contribution in [2.24, 2.45) is 0 Å². The minimum absolute atomic E-state index is 1.11. The molecule has 0 fully saturated rings. The van der Waals surface area contributed by atoms with Gasteiger partial charge >= 0.3 is 0 Å². The van der Waals surface area contributed by atoms with Crippen LogP contribution in [0.5, 0.6) is 0 Å². The third kappa shape index (κ3) is 0.947. The number of nitriles is 1. The van der Waals surface area contributed by atoms with Gasteiger partial charge in [-0.15, -0.1) is 0 Å². The van der Waals surface area contributed by atoms with Crippen LogP contribution < -0.4 is 0 Å². The van der Waals surface area contributed by atoms with Crippen LogP contribution in [0.4, 0.5) is 0 Å². The predicted molar refractivity (Wildman–Crippen MR) is 34.8 cm³/mol. The van der Waals surface area contributed by atoms with Crippen molar-refractivity contribution in [1.82, 2.24) is 0 Å². The minimum atomic E-state index is -1.73. The lowest BCUT2D eigenvalue weighted by atomic mass is 9.94. The summed E-state index contributed by atoms with van der Waals surface area (Å²) in [6.45, 7) is 0. The molecular formula is C7H7NO2. The lowest BCUT2D eigenvalue weighted by Crippen LogP contribution is -2.38. The molecule has 0 amide bonds. The molecule has 0 spiro atoms. The first kappa shape index (κ1) is 7.00. The molecule has 1 aliphatic carbocycles. The zero-order valence-electron chi connectivity index (χ0n) is 5.23. The Hall–Kier alpha value is -1.11. The summed E-state index contributed by atoms with van der Waals surface area (Å²) in [7, 11) is 0. The number of allylic oxidation sites excluding steroid dienone is 2. The number of hydrogen-bond acceptors (Lipinski definition) is 3. The standard InChI is InChI=1S/C7H7NO2/c8-5-7(10)4-2-1-3-6(7)9/h1-4,6,9-10H. The monoisotopic (exact) mass is 137 g/mol. The molecule has 10 heavy (non-hydrogen) atoms. The summed E-state index contributed by atoms with van der Waals surface area (Å²) in [4.78, 5) is 0. The van der Waals surface area contributed by atoms with E-state index >= 15 is 0 Å². The normalized spacial score (nSPS) is 37.5. The van der Waals surface area contributed by atoms with Crippen molar-refractivity contribution in [3.05, 3.63) is 24.3 Å². The lowest BCUT2D eigenvalue weighted by molar-refractivity contribution is 0.0273. The van der Waals surface area contributed by atoms with Crippen LogP contribution in [-0.2, 0) is 0 Å². The second kappa shape index (κ2) is 2.25. The van der Waals surface area contributed by atoms with Gasteiger partial charge in [-0.3, -0.25) is 0 Å². The van der Waals surface area contributed by atoms with Crippen molar-refractivity contribution in [3.8, 4) is 6.07 Å². The molecule has 1 aliphatic rings. The highest BCUT2D eigenvalue weighted by atomic mass is 16.3. The first-order valence-corrected chi connectivity index (χ1v) is 2.87. The van der Waals surface area contributed by atoms with Crippen molar-refractivity contribution in [1.29, 1.82) is 5.26 Å². The summed E-state index contributed by atoms with van der Waals surface area (Å²) in [5.74, 6) is 0. The molecule has 52 valence electrons. The molecule has 3 nitrogen and oxygen atoms in total. The molecule has 0 radical (unpaired) electrons. The number of rotatable bonds is 0. The van der Waals surface area contributed by atoms with Gasteiger partial charge in [-0.2, -0.15) is 5.26 Å². The Kier molecular flexibility index (Phi) is 1.58. The fourth-order valence-corrected chi connectivity index (χ4v) is 0.720. The SMILES string of the molecule is N#CC1(O)C=CC=CC1O. The van der Waals surface area contributed by atoms with Crippen molar-refractivity contribution >= 4 is 0 Å². The lowest BCUT2D eigenvalue weighted by Gasteiger charge is -2.21. The quantitative estimate of drug-likeness (QED) is 0.451. The number of aliphatic hydroxyl groups is 2. The maximum Gasteiger partial charge on any atom is 0.199 e. The molecule has 0 heterocycles. The van der Waals surface area contributed by atoms with Gasteiger partial charge in [-0.05, 0) is 6.08 Å². The average molecular weight is 137 g/mol. The van der Waals surface area contributed by atoms with Gasteiger partial charge < -0.3 is 10.2 Å². The predicted octanol–water partition coefficient (Wildman–Crippen LogP) is -0.272. The number of aliphatic hydroxyl groups excluding tert-OH is 1. The Morgan fingerprint density at radius 1 is 1.50 bits per heavy atom. The maximum absolute atomic E-state index is 9.20. The molecule has 0 aliphatic heterocycles. The van der Waals surface area contributed by atoms with Crippen LogP contribution >= 0.6 is 0 Å². The van der Waals surface area contributed by atoms with E-state index in [2.05, 4.69) is 0 Å². The van der Waals surface area contributed by atoms with E-state index in [1.165, 1.54) is 18.2 Å². The van der Waals surface area contributed by atoms with Gasteiger partial charge in [0.1, 0.15) is 12.2 Å². The van der Waals surface area contributed by atoms with Crippen LogP contribution in [0.15, 0.2) is 24.3 Å². The second-order valence-corrected chi connectivity index (χ2v) is 2.13. The Balaban J connectivity index is 2.91. The molecule has 2 atom stereocenters. The zero-order valence-corrected chi connectivity index (χ0v) is 5.23. The zero-order chi connectivity index (χ0) is 7.61. The highest BCUT2D eigenvalue weighted by Gasteiger charge is 2.32. The van der Waals surface area contributed by atoms with Crippen LogP contribution in [0.3, 0.4) is 0 Å². The first-order chi connectivity index (χ1) is 4.69. The highest BCUT2D eigenvalue weighted by molar-refractivity contribution is 5.29. The van der Waals surface area contributed by atoms with E-state index in [1.54, 1.807) is 12.1 Å². The Bertz CT molecular complexity index is 226. The van der Waals surface area contributed by atoms with Crippen molar-refractivity contribution < 1.29 is 10.2 Å². The van der Waals surface area contributed by atoms with E-state index in [0.29, 0.717) is 0 Å². The maximum atomic E-state index is 9.20. The molecule has 0 bridgehead atoms. The first-order valence-electron chi connectivity index (χ1n) is 2.87. The fraction of sp³-hybridized carbons (Fsp3) is 0.286. The molecule has 2 N–H and O–H groups in total. The Morgan fingerprint density at radius 3 is 2.60 bits per heavy atom. The molecule has 0 aromatic rings. The average Bonchev–Trinajstić information content (AvgIpc) is 1.96. The van der Waals surface area contributed by atoms with E-state index in [0.717, 1.165) is 0 Å². The van der Waals surface area contributed by atoms with Crippen LogP contribution in [0, 0.1) is 11.3 Å². The summed E-state index contributed by atoms with van der Waals surface area (Å²) in [5, 5.41) is 26.6. The molecule has 0 saturated heterocycles. The molecule has 0 saturated carbocycles. The minimum Gasteiger partial charge on any atom is -0.384 e. The summed E-state index contributed by atoms with van der Waals surface area (Å²) in [5.41, 5.74) is -1.73. The molecular weight excluding hydrogens is 130 g/mol. The van der Waals surface area contributed by atoms with Gasteiger partial charge in [0.2, 0.25) is 0 Å².